The minimum absolute atomic E-state index is 0.0860. The molecular formula is C23H24N2O3. The van der Waals surface area contributed by atoms with Crippen molar-refractivity contribution in [3.05, 3.63) is 70.9 Å². The minimum atomic E-state index is -0.536. The number of H-pyrrole nitrogens is 1. The van der Waals surface area contributed by atoms with E-state index in [1.807, 2.05) is 36.5 Å². The third-order valence-corrected chi connectivity index (χ3v) is 4.82. The highest BCUT2D eigenvalue weighted by Crippen LogP contribution is 2.30. The minimum Gasteiger partial charge on any atom is -0.396 e. The van der Waals surface area contributed by atoms with Gasteiger partial charge in [0.15, 0.2) is 0 Å². The molecule has 0 aliphatic rings. The second-order valence-corrected chi connectivity index (χ2v) is 6.70. The molecule has 0 aliphatic heterocycles. The molecule has 3 rings (SSSR count). The molecular weight excluding hydrogens is 352 g/mol. The number of primary amides is 1. The zero-order chi connectivity index (χ0) is 19.9. The van der Waals surface area contributed by atoms with Crippen LogP contribution in [-0.4, -0.2) is 34.3 Å². The van der Waals surface area contributed by atoms with Crippen LogP contribution in [0.25, 0.3) is 10.9 Å². The van der Waals surface area contributed by atoms with Crippen LogP contribution in [0.4, 0.5) is 0 Å². The summed E-state index contributed by atoms with van der Waals surface area (Å²) in [5, 5.41) is 20.2. The number of unbranched alkanes of at least 4 members (excludes halogenated alkanes) is 1. The molecule has 0 aliphatic carbocycles. The molecule has 1 heterocycles. The van der Waals surface area contributed by atoms with Crippen LogP contribution in [0.5, 0.6) is 0 Å². The highest BCUT2D eigenvalue weighted by Gasteiger charge is 2.22. The van der Waals surface area contributed by atoms with Crippen molar-refractivity contribution in [1.29, 1.82) is 0 Å². The molecule has 1 aromatic heterocycles. The molecule has 0 spiro atoms. The average molecular weight is 376 g/mol. The number of nitrogens with one attached hydrogen (secondary N) is 1. The third-order valence-electron chi connectivity index (χ3n) is 4.82. The summed E-state index contributed by atoms with van der Waals surface area (Å²) in [6.07, 6.45) is 3.64. The van der Waals surface area contributed by atoms with E-state index in [1.165, 1.54) is 0 Å². The number of aromatic amines is 1. The molecule has 1 atom stereocenters. The molecule has 5 heteroatoms. The summed E-state index contributed by atoms with van der Waals surface area (Å²) >= 11 is 0. The van der Waals surface area contributed by atoms with Crippen LogP contribution in [0, 0.1) is 11.8 Å². The quantitative estimate of drug-likeness (QED) is 0.377. The Hall–Kier alpha value is -3.07. The standard InChI is InChI=1S/C23H24N2O3/c24-23(28)20-10-6-8-16(7-2-1-5-12-26)22(20)18(15-27)13-17-14-25-21-11-4-3-9-19(17)21/h3-4,6,8-11,14,18,25-27H,1,5,12-13,15H2,(H2,24,28)/t18-/m0/s1. The fourth-order valence-corrected chi connectivity index (χ4v) is 3.48. The first-order valence-corrected chi connectivity index (χ1v) is 9.34. The average Bonchev–Trinajstić information content (AvgIpc) is 3.12. The van der Waals surface area contributed by atoms with Crippen LogP contribution in [0.1, 0.15) is 45.8 Å². The van der Waals surface area contributed by atoms with Crippen molar-refractivity contribution in [1.82, 2.24) is 4.98 Å². The van der Waals surface area contributed by atoms with Gasteiger partial charge in [-0.05, 0) is 42.2 Å². The van der Waals surface area contributed by atoms with E-state index >= 15 is 0 Å². The molecule has 0 radical (unpaired) electrons. The van der Waals surface area contributed by atoms with E-state index in [9.17, 15) is 9.90 Å². The Bertz CT molecular complexity index is 1030. The number of benzene rings is 2. The molecule has 144 valence electrons. The van der Waals surface area contributed by atoms with Crippen LogP contribution in [0.3, 0.4) is 0 Å². The Morgan fingerprint density at radius 2 is 1.96 bits per heavy atom. The summed E-state index contributed by atoms with van der Waals surface area (Å²) in [7, 11) is 0. The number of aliphatic hydroxyl groups is 2. The summed E-state index contributed by atoms with van der Waals surface area (Å²) in [6.45, 7) is -0.0438. The number of rotatable bonds is 7. The van der Waals surface area contributed by atoms with Crippen LogP contribution in [0.15, 0.2) is 48.7 Å². The van der Waals surface area contributed by atoms with E-state index in [0.29, 0.717) is 36.0 Å². The number of aliphatic hydroxyl groups excluding tert-OH is 2. The zero-order valence-corrected chi connectivity index (χ0v) is 15.6. The van der Waals surface area contributed by atoms with E-state index in [2.05, 4.69) is 16.8 Å². The lowest BCUT2D eigenvalue weighted by Gasteiger charge is -2.19. The topological polar surface area (TPSA) is 99.3 Å². The summed E-state index contributed by atoms with van der Waals surface area (Å²) in [4.78, 5) is 15.3. The van der Waals surface area contributed by atoms with Gasteiger partial charge < -0.3 is 20.9 Å². The van der Waals surface area contributed by atoms with Gasteiger partial charge in [0.05, 0.1) is 6.61 Å². The SMILES string of the molecule is NC(=O)c1cccc(C#CCCCO)c1[C@H](CO)Cc1c[nH]c2ccccc12. The van der Waals surface area contributed by atoms with E-state index < -0.39 is 5.91 Å². The van der Waals surface area contributed by atoms with Gasteiger partial charge >= 0.3 is 0 Å². The van der Waals surface area contributed by atoms with E-state index in [1.54, 1.807) is 12.1 Å². The van der Waals surface area contributed by atoms with Crippen molar-refractivity contribution >= 4 is 16.8 Å². The molecule has 1 amide bonds. The van der Waals surface area contributed by atoms with Gasteiger partial charge in [0.1, 0.15) is 0 Å². The summed E-state index contributed by atoms with van der Waals surface area (Å²) in [5.41, 5.74) is 9.45. The second-order valence-electron chi connectivity index (χ2n) is 6.70. The van der Waals surface area contributed by atoms with Crippen molar-refractivity contribution in [3.8, 4) is 11.8 Å². The van der Waals surface area contributed by atoms with Gasteiger partial charge in [-0.3, -0.25) is 4.79 Å². The number of carbonyl (C=O) groups is 1. The van der Waals surface area contributed by atoms with Crippen molar-refractivity contribution < 1.29 is 15.0 Å². The molecule has 0 saturated carbocycles. The summed E-state index contributed by atoms with van der Waals surface area (Å²) in [6, 6.07) is 13.2. The predicted molar refractivity (Wildman–Crippen MR) is 110 cm³/mol. The van der Waals surface area contributed by atoms with Gasteiger partial charge in [-0.25, -0.2) is 0 Å². The summed E-state index contributed by atoms with van der Waals surface area (Å²) < 4.78 is 0. The number of hydrogen-bond donors (Lipinski definition) is 4. The van der Waals surface area contributed by atoms with E-state index in [0.717, 1.165) is 16.5 Å². The number of carbonyl (C=O) groups excluding carboxylic acids is 1. The van der Waals surface area contributed by atoms with Crippen molar-refractivity contribution in [2.45, 2.75) is 25.2 Å². The van der Waals surface area contributed by atoms with Gasteiger partial charge in [-0.2, -0.15) is 0 Å². The molecule has 0 bridgehead atoms. The molecule has 0 unspecified atom stereocenters. The zero-order valence-electron chi connectivity index (χ0n) is 15.6. The molecule has 5 nitrogen and oxygen atoms in total. The molecule has 2 aromatic carbocycles. The Balaban J connectivity index is 2.02. The Morgan fingerprint density at radius 3 is 2.71 bits per heavy atom. The van der Waals surface area contributed by atoms with Gasteiger partial charge in [-0.1, -0.05) is 36.1 Å². The highest BCUT2D eigenvalue weighted by atomic mass is 16.3. The Labute approximate surface area is 164 Å². The number of amides is 1. The first-order chi connectivity index (χ1) is 13.7. The number of aromatic nitrogens is 1. The van der Waals surface area contributed by atoms with Gasteiger partial charge in [0.25, 0.3) is 0 Å². The normalized spacial score (nSPS) is 11.8. The molecule has 3 aromatic rings. The lowest BCUT2D eigenvalue weighted by molar-refractivity contribution is 0.0998. The molecule has 28 heavy (non-hydrogen) atoms. The number of hydrogen-bond acceptors (Lipinski definition) is 3. The Kier molecular flexibility index (Phi) is 6.49. The second kappa shape index (κ2) is 9.23. The van der Waals surface area contributed by atoms with Crippen LogP contribution >= 0.6 is 0 Å². The first kappa shape index (κ1) is 19.7. The third kappa shape index (κ3) is 4.25. The summed E-state index contributed by atoms with van der Waals surface area (Å²) in [5.74, 6) is 5.26. The van der Waals surface area contributed by atoms with E-state index in [4.69, 9.17) is 10.8 Å². The van der Waals surface area contributed by atoms with Gasteiger partial charge in [0.2, 0.25) is 5.91 Å². The Morgan fingerprint density at radius 1 is 1.14 bits per heavy atom. The van der Waals surface area contributed by atoms with E-state index in [-0.39, 0.29) is 19.1 Å². The number of para-hydroxylation sites is 1. The predicted octanol–water partition coefficient (Wildman–Crippen LogP) is 2.71. The molecule has 0 fully saturated rings. The lowest BCUT2D eigenvalue weighted by atomic mass is 9.85. The fourth-order valence-electron chi connectivity index (χ4n) is 3.48. The van der Waals surface area contributed by atoms with Crippen molar-refractivity contribution in [2.24, 2.45) is 5.73 Å². The molecule has 0 saturated heterocycles. The fraction of sp³-hybridized carbons (Fsp3) is 0.261. The van der Waals surface area contributed by atoms with Crippen LogP contribution in [0.2, 0.25) is 0 Å². The maximum Gasteiger partial charge on any atom is 0.249 e. The van der Waals surface area contributed by atoms with Gasteiger partial charge in [-0.15, -0.1) is 0 Å². The van der Waals surface area contributed by atoms with Crippen molar-refractivity contribution in [3.63, 3.8) is 0 Å². The van der Waals surface area contributed by atoms with Crippen molar-refractivity contribution in [2.75, 3.05) is 13.2 Å². The monoisotopic (exact) mass is 376 g/mol. The maximum atomic E-state index is 12.0. The lowest BCUT2D eigenvalue weighted by Crippen LogP contribution is -2.19. The molecule has 5 N–H and O–H groups in total. The first-order valence-electron chi connectivity index (χ1n) is 9.34. The van der Waals surface area contributed by atoms with Gasteiger partial charge in [0, 0.05) is 47.2 Å². The largest absolute Gasteiger partial charge is 0.396 e. The van der Waals surface area contributed by atoms with Crippen LogP contribution in [-0.2, 0) is 6.42 Å². The van der Waals surface area contributed by atoms with Crippen LogP contribution < -0.4 is 5.73 Å². The number of fused-ring (bicyclic) bond motifs is 1. The maximum absolute atomic E-state index is 12.0. The number of nitrogens with two attached hydrogens (primary N) is 1. The highest BCUT2D eigenvalue weighted by molar-refractivity contribution is 5.95. The smallest absolute Gasteiger partial charge is 0.249 e.